The lowest BCUT2D eigenvalue weighted by Crippen LogP contribution is -2.32. The van der Waals surface area contributed by atoms with Crippen LogP contribution in [-0.2, 0) is 9.53 Å². The maximum absolute atomic E-state index is 14.2. The molecule has 0 aliphatic carbocycles. The Hall–Kier alpha value is -2.89. The van der Waals surface area contributed by atoms with Crippen LogP contribution in [0.3, 0.4) is 0 Å². The fraction of sp³-hybridized carbons (Fsp3) is 0.333. The van der Waals surface area contributed by atoms with E-state index in [0.717, 1.165) is 5.56 Å². The Morgan fingerprint density at radius 2 is 1.96 bits per heavy atom. The van der Waals surface area contributed by atoms with Gasteiger partial charge in [-0.25, -0.2) is 4.39 Å². The number of fused-ring (bicyclic) bond motifs is 3. The van der Waals surface area contributed by atoms with Crippen LogP contribution in [0, 0.1) is 18.7 Å². The van der Waals surface area contributed by atoms with E-state index < -0.39 is 29.9 Å². The standard InChI is InChI=1S/C21H20FNO4/c1-3-26-21(25)15-11-23(20(24)13-9-7-12(2)8-10-13)17-14-5-4-6-16(22)18(14)27-19(15)17/h4-10,15,17,19H,3,11H2,1-2H3/t15-,17+,19+/m1/s1. The number of para-hydroxylation sites is 1. The van der Waals surface area contributed by atoms with Crippen molar-refractivity contribution in [3.63, 3.8) is 0 Å². The summed E-state index contributed by atoms with van der Waals surface area (Å²) >= 11 is 0. The maximum atomic E-state index is 14.2. The van der Waals surface area contributed by atoms with Gasteiger partial charge < -0.3 is 14.4 Å². The smallest absolute Gasteiger partial charge is 0.314 e. The summed E-state index contributed by atoms with van der Waals surface area (Å²) in [5, 5.41) is 0. The van der Waals surface area contributed by atoms with E-state index >= 15 is 0 Å². The van der Waals surface area contributed by atoms with Gasteiger partial charge in [-0.1, -0.05) is 29.8 Å². The molecule has 0 bridgehead atoms. The number of ether oxygens (including phenoxy) is 2. The fourth-order valence-corrected chi connectivity index (χ4v) is 3.87. The van der Waals surface area contributed by atoms with Gasteiger partial charge in [0.2, 0.25) is 0 Å². The molecule has 1 fully saturated rings. The largest absolute Gasteiger partial charge is 0.483 e. The molecular weight excluding hydrogens is 349 g/mol. The molecule has 2 aromatic rings. The normalized spacial score (nSPS) is 22.8. The molecule has 5 nitrogen and oxygen atoms in total. The molecule has 2 aromatic carbocycles. The summed E-state index contributed by atoms with van der Waals surface area (Å²) in [6.45, 7) is 4.08. The first-order valence-electron chi connectivity index (χ1n) is 9.00. The number of hydrogen-bond donors (Lipinski definition) is 0. The Kier molecular flexibility index (Phi) is 4.34. The molecule has 27 heavy (non-hydrogen) atoms. The molecule has 4 rings (SSSR count). The summed E-state index contributed by atoms with van der Waals surface area (Å²) in [5.41, 5.74) is 2.16. The van der Waals surface area contributed by atoms with Crippen LogP contribution in [0.15, 0.2) is 42.5 Å². The van der Waals surface area contributed by atoms with Crippen molar-refractivity contribution in [1.82, 2.24) is 4.90 Å². The minimum atomic E-state index is -0.656. The van der Waals surface area contributed by atoms with E-state index in [2.05, 4.69) is 0 Å². The number of esters is 1. The highest BCUT2D eigenvalue weighted by molar-refractivity contribution is 5.95. The van der Waals surface area contributed by atoms with Crippen molar-refractivity contribution < 1.29 is 23.5 Å². The third-order valence-electron chi connectivity index (χ3n) is 5.16. The van der Waals surface area contributed by atoms with Crippen molar-refractivity contribution in [2.45, 2.75) is 26.0 Å². The molecule has 0 unspecified atom stereocenters. The molecule has 2 heterocycles. The number of halogens is 1. The molecule has 1 saturated heterocycles. The molecule has 6 heteroatoms. The summed E-state index contributed by atoms with van der Waals surface area (Å²) in [7, 11) is 0. The molecule has 1 amide bonds. The fourth-order valence-electron chi connectivity index (χ4n) is 3.87. The molecule has 0 aromatic heterocycles. The van der Waals surface area contributed by atoms with Crippen molar-refractivity contribution in [1.29, 1.82) is 0 Å². The van der Waals surface area contributed by atoms with Crippen LogP contribution in [0.4, 0.5) is 4.39 Å². The van der Waals surface area contributed by atoms with Crippen LogP contribution in [0.1, 0.15) is 34.5 Å². The first-order valence-corrected chi connectivity index (χ1v) is 9.00. The lowest BCUT2D eigenvalue weighted by molar-refractivity contribution is -0.149. The Labute approximate surface area is 156 Å². The number of nitrogens with zero attached hydrogens (tertiary/aromatic N) is 1. The second-order valence-corrected chi connectivity index (χ2v) is 6.87. The SMILES string of the molecule is CCOC(=O)[C@@H]1CN(C(=O)c2ccc(C)cc2)[C@H]2c3cccc(F)c3O[C@@H]12. The number of rotatable bonds is 3. The van der Waals surface area contributed by atoms with Crippen LogP contribution in [0.2, 0.25) is 0 Å². The van der Waals surface area contributed by atoms with E-state index in [9.17, 15) is 14.0 Å². The number of amides is 1. The monoisotopic (exact) mass is 369 g/mol. The molecular formula is C21H20FNO4. The number of benzene rings is 2. The van der Waals surface area contributed by atoms with Crippen molar-refractivity contribution in [3.8, 4) is 5.75 Å². The third-order valence-corrected chi connectivity index (χ3v) is 5.16. The number of carbonyl (C=O) groups is 2. The average Bonchev–Trinajstić information content (AvgIpc) is 3.20. The molecule has 0 N–H and O–H groups in total. The van der Waals surface area contributed by atoms with Gasteiger partial charge in [0.25, 0.3) is 5.91 Å². The van der Waals surface area contributed by atoms with Gasteiger partial charge in [-0.3, -0.25) is 9.59 Å². The van der Waals surface area contributed by atoms with Crippen molar-refractivity contribution in [2.24, 2.45) is 5.92 Å². The van der Waals surface area contributed by atoms with E-state index in [1.54, 1.807) is 36.1 Å². The van der Waals surface area contributed by atoms with E-state index in [4.69, 9.17) is 9.47 Å². The molecule has 140 valence electrons. The second kappa shape index (κ2) is 6.68. The van der Waals surface area contributed by atoms with Gasteiger partial charge in [-0.05, 0) is 32.0 Å². The minimum Gasteiger partial charge on any atom is -0.483 e. The number of aryl methyl sites for hydroxylation is 1. The van der Waals surface area contributed by atoms with Crippen LogP contribution in [0.25, 0.3) is 0 Å². The van der Waals surface area contributed by atoms with Gasteiger partial charge in [0.05, 0.1) is 12.6 Å². The first kappa shape index (κ1) is 17.5. The van der Waals surface area contributed by atoms with Crippen LogP contribution < -0.4 is 4.74 Å². The van der Waals surface area contributed by atoms with E-state index in [-0.39, 0.29) is 24.8 Å². The van der Waals surface area contributed by atoms with Crippen LogP contribution in [-0.4, -0.2) is 36.0 Å². The molecule has 0 radical (unpaired) electrons. The van der Waals surface area contributed by atoms with Gasteiger partial charge in [-0.15, -0.1) is 0 Å². The average molecular weight is 369 g/mol. The zero-order valence-corrected chi connectivity index (χ0v) is 15.1. The predicted molar refractivity (Wildman–Crippen MR) is 95.9 cm³/mol. The van der Waals surface area contributed by atoms with Crippen LogP contribution >= 0.6 is 0 Å². The zero-order chi connectivity index (χ0) is 19.1. The Morgan fingerprint density at radius 1 is 1.22 bits per heavy atom. The van der Waals surface area contributed by atoms with Crippen molar-refractivity contribution >= 4 is 11.9 Å². The Balaban J connectivity index is 1.73. The summed E-state index contributed by atoms with van der Waals surface area (Å²) < 4.78 is 25.2. The maximum Gasteiger partial charge on any atom is 0.314 e. The molecule has 0 saturated carbocycles. The highest BCUT2D eigenvalue weighted by atomic mass is 19.1. The van der Waals surface area contributed by atoms with E-state index in [0.29, 0.717) is 11.1 Å². The number of hydrogen-bond acceptors (Lipinski definition) is 4. The number of carbonyl (C=O) groups excluding carboxylic acids is 2. The lowest BCUT2D eigenvalue weighted by atomic mass is 9.98. The molecule has 2 aliphatic rings. The van der Waals surface area contributed by atoms with Crippen molar-refractivity contribution in [2.75, 3.05) is 13.2 Å². The lowest BCUT2D eigenvalue weighted by Gasteiger charge is -2.23. The predicted octanol–water partition coefficient (Wildman–Crippen LogP) is 3.27. The Morgan fingerprint density at radius 3 is 2.67 bits per heavy atom. The third kappa shape index (κ3) is 2.85. The number of likely N-dealkylation sites (tertiary alicyclic amines) is 1. The van der Waals surface area contributed by atoms with Crippen LogP contribution in [0.5, 0.6) is 5.75 Å². The highest BCUT2D eigenvalue weighted by Gasteiger charge is 2.54. The van der Waals surface area contributed by atoms with E-state index in [1.165, 1.54) is 6.07 Å². The Bertz CT molecular complexity index is 896. The molecule has 3 atom stereocenters. The minimum absolute atomic E-state index is 0.114. The van der Waals surface area contributed by atoms with Gasteiger partial charge >= 0.3 is 5.97 Å². The highest BCUT2D eigenvalue weighted by Crippen LogP contribution is 2.49. The summed E-state index contributed by atoms with van der Waals surface area (Å²) in [6.07, 6.45) is -0.648. The summed E-state index contributed by atoms with van der Waals surface area (Å²) in [6, 6.07) is 11.4. The summed E-state index contributed by atoms with van der Waals surface area (Å²) in [5.74, 6) is -1.68. The second-order valence-electron chi connectivity index (χ2n) is 6.87. The quantitative estimate of drug-likeness (QED) is 0.780. The van der Waals surface area contributed by atoms with Crippen molar-refractivity contribution in [3.05, 3.63) is 65.0 Å². The van der Waals surface area contributed by atoms with Gasteiger partial charge in [0.1, 0.15) is 12.0 Å². The molecule has 2 aliphatic heterocycles. The van der Waals surface area contributed by atoms with E-state index in [1.807, 2.05) is 19.1 Å². The topological polar surface area (TPSA) is 55.8 Å². The molecule has 0 spiro atoms. The zero-order valence-electron chi connectivity index (χ0n) is 15.1. The van der Waals surface area contributed by atoms with Gasteiger partial charge in [0.15, 0.2) is 11.6 Å². The summed E-state index contributed by atoms with van der Waals surface area (Å²) in [4.78, 5) is 27.2. The van der Waals surface area contributed by atoms with Gasteiger partial charge in [0, 0.05) is 17.7 Å². The van der Waals surface area contributed by atoms with Gasteiger partial charge in [-0.2, -0.15) is 0 Å². The first-order chi connectivity index (χ1) is 13.0.